The van der Waals surface area contributed by atoms with Crippen LogP contribution in [-0.4, -0.2) is 15.4 Å². The van der Waals surface area contributed by atoms with Gasteiger partial charge in [-0.2, -0.15) is 0 Å². The summed E-state index contributed by atoms with van der Waals surface area (Å²) in [6, 6.07) is 0. The van der Waals surface area contributed by atoms with Crippen LogP contribution in [0.5, 0.6) is 0 Å². The zero-order valence-corrected chi connectivity index (χ0v) is 9.17. The molecule has 1 fully saturated rings. The minimum Gasteiger partial charge on any atom is -0.211 e. The highest BCUT2D eigenvalue weighted by Crippen LogP contribution is 2.43. The molecule has 0 spiro atoms. The molecule has 0 N–H and O–H groups in total. The zero-order valence-electron chi connectivity index (χ0n) is 8.35. The van der Waals surface area contributed by atoms with Gasteiger partial charge in [-0.25, -0.2) is 4.31 Å². The van der Waals surface area contributed by atoms with Gasteiger partial charge in [-0.1, -0.05) is 0 Å². The highest BCUT2D eigenvalue weighted by Gasteiger charge is 2.42. The van der Waals surface area contributed by atoms with Crippen LogP contribution >= 0.6 is 12.3 Å². The third-order valence-electron chi connectivity index (χ3n) is 2.75. The molecule has 0 aromatic heterocycles. The van der Waals surface area contributed by atoms with Crippen molar-refractivity contribution in [3.8, 4) is 0 Å². The van der Waals surface area contributed by atoms with E-state index in [-0.39, 0.29) is 11.1 Å². The average molecular weight is 191 g/mol. The van der Waals surface area contributed by atoms with E-state index in [1.54, 1.807) is 0 Å². The van der Waals surface area contributed by atoms with Gasteiger partial charge in [0.2, 0.25) is 0 Å². The molecule has 0 unspecified atom stereocenters. The SMILES string of the molecule is CC1(C)CCCC(C)(C)N1SF. The molecule has 0 radical (unpaired) electrons. The van der Waals surface area contributed by atoms with Crippen LogP contribution in [0.25, 0.3) is 0 Å². The van der Waals surface area contributed by atoms with Gasteiger partial charge in [0, 0.05) is 11.1 Å². The maximum absolute atomic E-state index is 12.7. The van der Waals surface area contributed by atoms with Crippen molar-refractivity contribution in [1.29, 1.82) is 0 Å². The molecule has 0 aliphatic carbocycles. The summed E-state index contributed by atoms with van der Waals surface area (Å²) >= 11 is 0.393. The van der Waals surface area contributed by atoms with Gasteiger partial charge in [0.05, 0.1) is 0 Å². The predicted octanol–water partition coefficient (Wildman–Crippen LogP) is 3.56. The Kier molecular flexibility index (Phi) is 2.74. The van der Waals surface area contributed by atoms with Crippen LogP contribution in [-0.2, 0) is 0 Å². The fourth-order valence-corrected chi connectivity index (χ4v) is 2.72. The van der Waals surface area contributed by atoms with Crippen molar-refractivity contribution in [3.05, 3.63) is 0 Å². The Morgan fingerprint density at radius 3 is 1.75 bits per heavy atom. The first-order valence-corrected chi connectivity index (χ1v) is 5.16. The Bertz CT molecular complexity index is 152. The van der Waals surface area contributed by atoms with Crippen LogP contribution in [0, 0.1) is 0 Å². The molecule has 1 aliphatic heterocycles. The van der Waals surface area contributed by atoms with E-state index in [0.717, 1.165) is 12.8 Å². The largest absolute Gasteiger partial charge is 0.211 e. The van der Waals surface area contributed by atoms with E-state index < -0.39 is 0 Å². The lowest BCUT2D eigenvalue weighted by molar-refractivity contribution is 0.0647. The minimum absolute atomic E-state index is 0.00116. The van der Waals surface area contributed by atoms with E-state index >= 15 is 0 Å². The highest BCUT2D eigenvalue weighted by atomic mass is 32.2. The van der Waals surface area contributed by atoms with E-state index in [0.29, 0.717) is 12.3 Å². The van der Waals surface area contributed by atoms with Gasteiger partial charge in [0.1, 0.15) is 12.3 Å². The van der Waals surface area contributed by atoms with Crippen molar-refractivity contribution in [2.75, 3.05) is 0 Å². The molecule has 3 heteroatoms. The Hall–Kier alpha value is 0.240. The topological polar surface area (TPSA) is 3.24 Å². The fraction of sp³-hybridized carbons (Fsp3) is 1.00. The van der Waals surface area contributed by atoms with E-state index in [9.17, 15) is 3.89 Å². The Morgan fingerprint density at radius 1 is 1.08 bits per heavy atom. The molecule has 0 aromatic rings. The smallest absolute Gasteiger partial charge is 0.135 e. The van der Waals surface area contributed by atoms with E-state index in [1.807, 2.05) is 4.31 Å². The summed E-state index contributed by atoms with van der Waals surface area (Å²) in [7, 11) is 0. The summed E-state index contributed by atoms with van der Waals surface area (Å²) < 4.78 is 14.6. The normalized spacial score (nSPS) is 28.8. The minimum atomic E-state index is 0.00116. The van der Waals surface area contributed by atoms with Gasteiger partial charge in [-0.05, 0) is 47.0 Å². The monoisotopic (exact) mass is 191 g/mol. The van der Waals surface area contributed by atoms with Crippen LogP contribution in [0.1, 0.15) is 47.0 Å². The second-order valence-corrected chi connectivity index (χ2v) is 5.34. The second-order valence-electron chi connectivity index (χ2n) is 4.84. The van der Waals surface area contributed by atoms with E-state index in [2.05, 4.69) is 27.7 Å². The van der Waals surface area contributed by atoms with Gasteiger partial charge < -0.3 is 0 Å². The van der Waals surface area contributed by atoms with Gasteiger partial charge >= 0.3 is 0 Å². The predicted molar refractivity (Wildman–Crippen MR) is 52.5 cm³/mol. The first-order chi connectivity index (χ1) is 5.40. The quantitative estimate of drug-likeness (QED) is 0.583. The summed E-state index contributed by atoms with van der Waals surface area (Å²) in [4.78, 5) is 0. The fourth-order valence-electron chi connectivity index (χ4n) is 2.16. The molecule has 1 aliphatic rings. The standard InChI is InChI=1S/C9H18FNS/c1-8(2)6-5-7-9(3,4)11(8)12-10/h5-7H2,1-4H3. The summed E-state index contributed by atoms with van der Waals surface area (Å²) in [5.41, 5.74) is 0.00231. The molecule has 0 saturated carbocycles. The molecule has 1 nitrogen and oxygen atoms in total. The lowest BCUT2D eigenvalue weighted by Gasteiger charge is -2.49. The van der Waals surface area contributed by atoms with Crippen molar-refractivity contribution >= 4 is 12.3 Å². The van der Waals surface area contributed by atoms with Crippen molar-refractivity contribution in [3.63, 3.8) is 0 Å². The van der Waals surface area contributed by atoms with Crippen molar-refractivity contribution in [2.45, 2.75) is 58.0 Å². The van der Waals surface area contributed by atoms with Crippen LogP contribution in [0.3, 0.4) is 0 Å². The van der Waals surface area contributed by atoms with Crippen LogP contribution in [0.2, 0.25) is 0 Å². The molecule has 0 atom stereocenters. The molecule has 1 saturated heterocycles. The molecule has 1 heterocycles. The molecule has 0 aromatic carbocycles. The molecule has 12 heavy (non-hydrogen) atoms. The molecule has 0 bridgehead atoms. The lowest BCUT2D eigenvalue weighted by atomic mass is 9.83. The first kappa shape index (κ1) is 10.3. The van der Waals surface area contributed by atoms with Crippen LogP contribution < -0.4 is 0 Å². The Morgan fingerprint density at radius 2 is 1.50 bits per heavy atom. The Balaban J connectivity index is 2.81. The maximum atomic E-state index is 12.7. The summed E-state index contributed by atoms with van der Waals surface area (Å²) in [6.07, 6.45) is 3.39. The second kappa shape index (κ2) is 3.18. The summed E-state index contributed by atoms with van der Waals surface area (Å²) in [6.45, 7) is 8.45. The van der Waals surface area contributed by atoms with E-state index in [1.165, 1.54) is 6.42 Å². The molecule has 72 valence electrons. The zero-order chi connectivity index (χ0) is 9.41. The van der Waals surface area contributed by atoms with Crippen LogP contribution in [0.15, 0.2) is 0 Å². The lowest BCUT2D eigenvalue weighted by Crippen LogP contribution is -2.54. The van der Waals surface area contributed by atoms with Crippen LogP contribution in [0.4, 0.5) is 3.89 Å². The molecular formula is C9H18FNS. The van der Waals surface area contributed by atoms with Gasteiger partial charge in [0.25, 0.3) is 0 Å². The summed E-state index contributed by atoms with van der Waals surface area (Å²) in [5.74, 6) is 0. The average Bonchev–Trinajstić information content (AvgIpc) is 1.83. The molecular weight excluding hydrogens is 173 g/mol. The van der Waals surface area contributed by atoms with Crippen molar-refractivity contribution in [1.82, 2.24) is 4.31 Å². The third-order valence-corrected chi connectivity index (χ3v) is 3.87. The van der Waals surface area contributed by atoms with Crippen molar-refractivity contribution in [2.24, 2.45) is 0 Å². The Labute approximate surface area is 79.1 Å². The van der Waals surface area contributed by atoms with Gasteiger partial charge in [0.15, 0.2) is 0 Å². The van der Waals surface area contributed by atoms with E-state index in [4.69, 9.17) is 0 Å². The van der Waals surface area contributed by atoms with Crippen molar-refractivity contribution < 1.29 is 3.89 Å². The van der Waals surface area contributed by atoms with Gasteiger partial charge in [-0.3, -0.25) is 0 Å². The molecule has 1 rings (SSSR count). The third kappa shape index (κ3) is 1.77. The first-order valence-electron chi connectivity index (χ1n) is 4.49. The highest BCUT2D eigenvalue weighted by molar-refractivity contribution is 7.92. The number of nitrogens with zero attached hydrogens (tertiary/aromatic N) is 1. The maximum Gasteiger partial charge on any atom is 0.135 e. The number of piperidine rings is 1. The number of rotatable bonds is 1. The number of hydrogen-bond acceptors (Lipinski definition) is 2. The summed E-state index contributed by atoms with van der Waals surface area (Å²) in [5, 5.41) is 0. The molecule has 0 amide bonds. The van der Waals surface area contributed by atoms with Gasteiger partial charge in [-0.15, -0.1) is 3.89 Å². The number of hydrogen-bond donors (Lipinski definition) is 0. The number of halogens is 1.